The number of nitrogens with two attached hydrogens (primary N) is 1. The van der Waals surface area contributed by atoms with Crippen LogP contribution in [0.1, 0.15) is 11.3 Å². The molecule has 2 rings (SSSR count). The van der Waals surface area contributed by atoms with E-state index in [1.165, 1.54) is 11.8 Å². The minimum Gasteiger partial charge on any atom is -0.467 e. The monoisotopic (exact) mass is 350 g/mol. The van der Waals surface area contributed by atoms with Crippen molar-refractivity contribution < 1.29 is 4.42 Å². The summed E-state index contributed by atoms with van der Waals surface area (Å²) in [6.07, 6.45) is 1.61. The van der Waals surface area contributed by atoms with E-state index in [2.05, 4.69) is 4.99 Å². The lowest BCUT2D eigenvalue weighted by Gasteiger charge is -2.04. The van der Waals surface area contributed by atoms with Gasteiger partial charge < -0.3 is 10.2 Å². The summed E-state index contributed by atoms with van der Waals surface area (Å²) in [4.78, 5) is 4.22. The Morgan fingerprint density at radius 1 is 1.30 bits per heavy atom. The summed E-state index contributed by atoms with van der Waals surface area (Å²) >= 11 is 13.3. The van der Waals surface area contributed by atoms with Crippen molar-refractivity contribution >= 4 is 52.5 Å². The highest BCUT2D eigenvalue weighted by Gasteiger charge is 2.03. The van der Waals surface area contributed by atoms with Crippen LogP contribution in [0.4, 0.5) is 0 Å². The Balaban J connectivity index is 0.00000200. The van der Waals surface area contributed by atoms with Gasteiger partial charge in [-0.2, -0.15) is 0 Å². The zero-order valence-corrected chi connectivity index (χ0v) is 13.5. The Labute approximate surface area is 137 Å². The molecule has 0 aliphatic rings. The fourth-order valence-electron chi connectivity index (χ4n) is 1.39. The van der Waals surface area contributed by atoms with Crippen molar-refractivity contribution in [3.63, 3.8) is 0 Å². The number of amidine groups is 1. The number of aliphatic imine (C=N–C) groups is 1. The van der Waals surface area contributed by atoms with Gasteiger partial charge in [0.25, 0.3) is 0 Å². The molecule has 0 amide bonds. The zero-order valence-electron chi connectivity index (χ0n) is 10.4. The molecule has 2 N–H and O–H groups in total. The average Bonchev–Trinajstić information content (AvgIpc) is 2.88. The maximum Gasteiger partial charge on any atom is 0.154 e. The van der Waals surface area contributed by atoms with Crippen LogP contribution >= 0.6 is 47.4 Å². The molecule has 0 aliphatic heterocycles. The van der Waals surface area contributed by atoms with Gasteiger partial charge in [0.1, 0.15) is 5.76 Å². The normalized spacial score (nSPS) is 11.2. The molecule has 20 heavy (non-hydrogen) atoms. The van der Waals surface area contributed by atoms with Crippen LogP contribution in [-0.4, -0.2) is 5.17 Å². The first kappa shape index (κ1) is 17.2. The number of furan rings is 1. The smallest absolute Gasteiger partial charge is 0.154 e. The standard InChI is InChI=1S/C13H12Cl2N2OS.ClH/c14-10-4-3-9(12(15)6-10)8-19-13(16)17-7-11-2-1-5-18-11;/h1-6H,7-8H2,(H2,16,17);1H. The molecule has 0 spiro atoms. The zero-order chi connectivity index (χ0) is 13.7. The van der Waals surface area contributed by atoms with Crippen molar-refractivity contribution in [2.24, 2.45) is 10.7 Å². The van der Waals surface area contributed by atoms with E-state index in [9.17, 15) is 0 Å². The van der Waals surface area contributed by atoms with E-state index in [-0.39, 0.29) is 12.4 Å². The Kier molecular flexibility index (Phi) is 7.30. The summed E-state index contributed by atoms with van der Waals surface area (Å²) in [6.45, 7) is 0.445. The predicted molar refractivity (Wildman–Crippen MR) is 89.0 cm³/mol. The molecule has 1 heterocycles. The van der Waals surface area contributed by atoms with Gasteiger partial charge >= 0.3 is 0 Å². The molecular weight excluding hydrogens is 339 g/mol. The van der Waals surface area contributed by atoms with E-state index >= 15 is 0 Å². The third-order valence-electron chi connectivity index (χ3n) is 2.36. The molecule has 0 atom stereocenters. The summed E-state index contributed by atoms with van der Waals surface area (Å²) in [5.74, 6) is 1.44. The molecule has 0 saturated carbocycles. The fourth-order valence-corrected chi connectivity index (χ4v) is 2.66. The van der Waals surface area contributed by atoms with Crippen LogP contribution in [-0.2, 0) is 12.3 Å². The van der Waals surface area contributed by atoms with Crippen molar-refractivity contribution in [1.82, 2.24) is 0 Å². The summed E-state index contributed by atoms with van der Waals surface area (Å²) in [6, 6.07) is 9.09. The third kappa shape index (κ3) is 5.29. The van der Waals surface area contributed by atoms with Crippen molar-refractivity contribution in [1.29, 1.82) is 0 Å². The molecule has 0 radical (unpaired) electrons. The van der Waals surface area contributed by atoms with Gasteiger partial charge in [-0.3, -0.25) is 4.99 Å². The number of benzene rings is 1. The molecule has 2 aromatic rings. The fraction of sp³-hybridized carbons (Fsp3) is 0.154. The first-order chi connectivity index (χ1) is 9.15. The van der Waals surface area contributed by atoms with Gasteiger partial charge in [0, 0.05) is 15.8 Å². The van der Waals surface area contributed by atoms with Crippen molar-refractivity contribution in [3.05, 3.63) is 58.0 Å². The van der Waals surface area contributed by atoms with Gasteiger partial charge in [0.15, 0.2) is 5.17 Å². The van der Waals surface area contributed by atoms with E-state index in [1.54, 1.807) is 18.4 Å². The molecule has 3 nitrogen and oxygen atoms in total. The lowest BCUT2D eigenvalue weighted by molar-refractivity contribution is 0.513. The van der Waals surface area contributed by atoms with Gasteiger partial charge in [-0.05, 0) is 29.8 Å². The lowest BCUT2D eigenvalue weighted by atomic mass is 10.2. The summed E-state index contributed by atoms with van der Waals surface area (Å²) in [5.41, 5.74) is 6.80. The molecule has 7 heteroatoms. The summed E-state index contributed by atoms with van der Waals surface area (Å²) in [5, 5.41) is 1.76. The number of hydrogen-bond acceptors (Lipinski definition) is 3. The van der Waals surface area contributed by atoms with E-state index in [0.29, 0.717) is 27.5 Å². The Morgan fingerprint density at radius 2 is 2.10 bits per heavy atom. The second-order valence-electron chi connectivity index (χ2n) is 3.76. The third-order valence-corrected chi connectivity index (χ3v) is 3.83. The largest absolute Gasteiger partial charge is 0.467 e. The van der Waals surface area contributed by atoms with Crippen LogP contribution in [0.5, 0.6) is 0 Å². The van der Waals surface area contributed by atoms with E-state index in [1.807, 2.05) is 18.2 Å². The van der Waals surface area contributed by atoms with Crippen molar-refractivity contribution in [2.45, 2.75) is 12.3 Å². The molecule has 0 bridgehead atoms. The Hall–Kier alpha value is -0.810. The molecule has 0 aliphatic carbocycles. The summed E-state index contributed by atoms with van der Waals surface area (Å²) < 4.78 is 5.17. The first-order valence-corrected chi connectivity index (χ1v) is 7.28. The number of halogens is 3. The van der Waals surface area contributed by atoms with E-state index in [4.69, 9.17) is 33.4 Å². The lowest BCUT2D eigenvalue weighted by Crippen LogP contribution is -2.07. The van der Waals surface area contributed by atoms with Crippen LogP contribution in [0.2, 0.25) is 10.0 Å². The van der Waals surface area contributed by atoms with E-state index in [0.717, 1.165) is 11.3 Å². The number of thioether (sulfide) groups is 1. The SMILES string of the molecule is Cl.NC(=NCc1ccco1)SCc1ccc(Cl)cc1Cl. The second-order valence-corrected chi connectivity index (χ2v) is 5.60. The van der Waals surface area contributed by atoms with Gasteiger partial charge in [0.05, 0.1) is 12.8 Å². The maximum atomic E-state index is 6.08. The van der Waals surface area contributed by atoms with Crippen LogP contribution in [0, 0.1) is 0 Å². The minimum atomic E-state index is 0. The molecule has 0 fully saturated rings. The average molecular weight is 352 g/mol. The van der Waals surface area contributed by atoms with Crippen LogP contribution in [0.25, 0.3) is 0 Å². The van der Waals surface area contributed by atoms with Gasteiger partial charge in [-0.25, -0.2) is 0 Å². The number of nitrogens with zero attached hydrogens (tertiary/aromatic N) is 1. The van der Waals surface area contributed by atoms with Crippen molar-refractivity contribution in [2.75, 3.05) is 0 Å². The molecule has 0 unspecified atom stereocenters. The molecular formula is C13H13Cl3N2OS. The molecule has 0 saturated heterocycles. The molecule has 1 aromatic heterocycles. The van der Waals surface area contributed by atoms with Gasteiger partial charge in [-0.1, -0.05) is 41.0 Å². The highest BCUT2D eigenvalue weighted by molar-refractivity contribution is 8.13. The van der Waals surface area contributed by atoms with Crippen molar-refractivity contribution in [3.8, 4) is 0 Å². The minimum absolute atomic E-state index is 0. The maximum absolute atomic E-state index is 6.08. The van der Waals surface area contributed by atoms with Crippen LogP contribution < -0.4 is 5.73 Å². The molecule has 1 aromatic carbocycles. The van der Waals surface area contributed by atoms with Crippen LogP contribution in [0.15, 0.2) is 46.0 Å². The number of rotatable bonds is 4. The Bertz CT molecular complexity index is 573. The number of hydrogen-bond donors (Lipinski definition) is 1. The topological polar surface area (TPSA) is 51.5 Å². The highest BCUT2D eigenvalue weighted by Crippen LogP contribution is 2.24. The first-order valence-electron chi connectivity index (χ1n) is 5.54. The highest BCUT2D eigenvalue weighted by atomic mass is 35.5. The van der Waals surface area contributed by atoms with Crippen LogP contribution in [0.3, 0.4) is 0 Å². The van der Waals surface area contributed by atoms with Gasteiger partial charge in [-0.15, -0.1) is 12.4 Å². The molecule has 108 valence electrons. The quantitative estimate of drug-likeness (QED) is 0.638. The second kappa shape index (κ2) is 8.47. The Morgan fingerprint density at radius 3 is 2.75 bits per heavy atom. The van der Waals surface area contributed by atoms with E-state index < -0.39 is 0 Å². The van der Waals surface area contributed by atoms with Gasteiger partial charge in [0.2, 0.25) is 0 Å². The summed E-state index contributed by atoms with van der Waals surface area (Å²) in [7, 11) is 0. The predicted octanol–water partition coefficient (Wildman–Crippen LogP) is 4.76.